The van der Waals surface area contributed by atoms with Crippen molar-refractivity contribution < 1.29 is 0 Å². The van der Waals surface area contributed by atoms with Crippen molar-refractivity contribution in [1.82, 2.24) is 9.97 Å². The minimum Gasteiger partial charge on any atom is -0.361 e. The molecule has 3 nitrogen and oxygen atoms in total. The molecular formula is C16H21N3. The van der Waals surface area contributed by atoms with Crippen molar-refractivity contribution in [1.29, 1.82) is 0 Å². The first-order valence-corrected chi connectivity index (χ1v) is 6.55. The largest absolute Gasteiger partial charge is 0.361 e. The van der Waals surface area contributed by atoms with Crippen LogP contribution in [0.5, 0.6) is 0 Å². The van der Waals surface area contributed by atoms with Gasteiger partial charge in [-0.15, -0.1) is 0 Å². The van der Waals surface area contributed by atoms with Gasteiger partial charge in [0, 0.05) is 11.8 Å². The standard InChI is InChI=1S/C16H21N3/c1-15(2,3)10-9-18-11-8-12(17-7)14(16(4,5)6)19-13(10)11/h8-9,18H,1-6H3. The first-order valence-electron chi connectivity index (χ1n) is 6.55. The molecule has 100 valence electrons. The second-order valence-electron chi connectivity index (χ2n) is 7.07. The zero-order valence-corrected chi connectivity index (χ0v) is 12.5. The zero-order chi connectivity index (χ0) is 14.4. The highest BCUT2D eigenvalue weighted by Gasteiger charge is 2.24. The molecule has 19 heavy (non-hydrogen) atoms. The van der Waals surface area contributed by atoms with E-state index in [0.717, 1.165) is 16.7 Å². The van der Waals surface area contributed by atoms with Gasteiger partial charge in [0.2, 0.25) is 5.69 Å². The van der Waals surface area contributed by atoms with Crippen LogP contribution in [0.2, 0.25) is 0 Å². The quantitative estimate of drug-likeness (QED) is 0.679. The summed E-state index contributed by atoms with van der Waals surface area (Å²) in [5.41, 5.74) is 4.57. The summed E-state index contributed by atoms with van der Waals surface area (Å²) in [5, 5.41) is 0. The number of nitrogens with one attached hydrogen (secondary N) is 1. The van der Waals surface area contributed by atoms with Crippen molar-refractivity contribution in [2.45, 2.75) is 52.4 Å². The van der Waals surface area contributed by atoms with Crippen molar-refractivity contribution in [2.75, 3.05) is 0 Å². The highest BCUT2D eigenvalue weighted by molar-refractivity contribution is 5.84. The number of aromatic amines is 1. The van der Waals surface area contributed by atoms with E-state index in [1.807, 2.05) is 12.3 Å². The molecule has 0 aliphatic carbocycles. The van der Waals surface area contributed by atoms with Crippen LogP contribution in [0.25, 0.3) is 15.9 Å². The summed E-state index contributed by atoms with van der Waals surface area (Å²) in [6, 6.07) is 1.92. The number of nitrogens with zero attached hydrogens (tertiary/aromatic N) is 2. The lowest BCUT2D eigenvalue weighted by atomic mass is 9.87. The fourth-order valence-electron chi connectivity index (χ4n) is 2.25. The minimum absolute atomic E-state index is 0.0417. The molecule has 0 aliphatic heterocycles. The smallest absolute Gasteiger partial charge is 0.210 e. The summed E-state index contributed by atoms with van der Waals surface area (Å²) >= 11 is 0. The molecule has 0 amide bonds. The molecule has 0 aliphatic rings. The number of fused-ring (bicyclic) bond motifs is 1. The second kappa shape index (κ2) is 4.09. The molecule has 0 saturated heterocycles. The molecule has 1 N–H and O–H groups in total. The molecule has 2 rings (SSSR count). The maximum atomic E-state index is 7.34. The van der Waals surface area contributed by atoms with Gasteiger partial charge in [-0.3, -0.25) is 4.98 Å². The first-order chi connectivity index (χ1) is 8.64. The van der Waals surface area contributed by atoms with Crippen LogP contribution >= 0.6 is 0 Å². The molecule has 2 heterocycles. The molecule has 2 aromatic rings. The summed E-state index contributed by atoms with van der Waals surface area (Å²) in [6.45, 7) is 20.2. The average Bonchev–Trinajstić information content (AvgIpc) is 2.68. The molecule has 0 bridgehead atoms. The van der Waals surface area contributed by atoms with Crippen molar-refractivity contribution in [3.05, 3.63) is 34.9 Å². The molecule has 0 fully saturated rings. The van der Waals surface area contributed by atoms with Gasteiger partial charge >= 0.3 is 0 Å². The Morgan fingerprint density at radius 3 is 2.21 bits per heavy atom. The van der Waals surface area contributed by atoms with Crippen LogP contribution in [-0.4, -0.2) is 9.97 Å². The number of hydrogen-bond donors (Lipinski definition) is 1. The number of H-pyrrole nitrogens is 1. The Kier molecular flexibility index (Phi) is 2.93. The third-order valence-corrected chi connectivity index (χ3v) is 3.27. The van der Waals surface area contributed by atoms with Crippen LogP contribution in [0.4, 0.5) is 5.69 Å². The van der Waals surface area contributed by atoms with Crippen LogP contribution in [-0.2, 0) is 10.8 Å². The fourth-order valence-corrected chi connectivity index (χ4v) is 2.25. The van der Waals surface area contributed by atoms with E-state index >= 15 is 0 Å². The Hall–Kier alpha value is -1.82. The van der Waals surface area contributed by atoms with Gasteiger partial charge in [0.1, 0.15) is 0 Å². The molecule has 0 atom stereocenters. The predicted octanol–water partition coefficient (Wildman–Crippen LogP) is 4.71. The Balaban J connectivity index is 2.81. The van der Waals surface area contributed by atoms with Crippen LogP contribution in [0.3, 0.4) is 0 Å². The van der Waals surface area contributed by atoms with Gasteiger partial charge in [-0.2, -0.15) is 0 Å². The van der Waals surface area contributed by atoms with Crippen LogP contribution in [0.15, 0.2) is 12.3 Å². The number of hydrogen-bond acceptors (Lipinski definition) is 1. The molecule has 0 radical (unpaired) electrons. The summed E-state index contributed by atoms with van der Waals surface area (Å²) in [5.74, 6) is 0. The first kappa shape index (κ1) is 13.6. The second-order valence-corrected chi connectivity index (χ2v) is 7.07. The van der Waals surface area contributed by atoms with Gasteiger partial charge in [-0.1, -0.05) is 41.5 Å². The van der Waals surface area contributed by atoms with E-state index in [-0.39, 0.29) is 10.8 Å². The highest BCUT2D eigenvalue weighted by atomic mass is 14.8. The fraction of sp³-hybridized carbons (Fsp3) is 0.500. The van der Waals surface area contributed by atoms with Gasteiger partial charge in [0.25, 0.3) is 0 Å². The van der Waals surface area contributed by atoms with Gasteiger partial charge in [0.05, 0.1) is 23.3 Å². The van der Waals surface area contributed by atoms with Gasteiger partial charge in [-0.05, 0) is 16.9 Å². The van der Waals surface area contributed by atoms with Gasteiger partial charge in [0.15, 0.2) is 0 Å². The maximum Gasteiger partial charge on any atom is 0.210 e. The van der Waals surface area contributed by atoms with E-state index in [1.54, 1.807) is 0 Å². The Morgan fingerprint density at radius 1 is 1.11 bits per heavy atom. The summed E-state index contributed by atoms with van der Waals surface area (Å²) in [4.78, 5) is 11.7. The number of rotatable bonds is 0. The van der Waals surface area contributed by atoms with Gasteiger partial charge < -0.3 is 4.98 Å². The van der Waals surface area contributed by atoms with E-state index in [2.05, 4.69) is 51.4 Å². The zero-order valence-electron chi connectivity index (χ0n) is 12.5. The van der Waals surface area contributed by atoms with Crippen LogP contribution in [0, 0.1) is 6.57 Å². The molecule has 0 saturated carbocycles. The molecule has 2 aromatic heterocycles. The van der Waals surface area contributed by atoms with Crippen molar-refractivity contribution in [2.24, 2.45) is 0 Å². The summed E-state index contributed by atoms with van der Waals surface area (Å²) in [7, 11) is 0. The summed E-state index contributed by atoms with van der Waals surface area (Å²) < 4.78 is 0. The van der Waals surface area contributed by atoms with E-state index < -0.39 is 0 Å². The monoisotopic (exact) mass is 255 g/mol. The van der Waals surface area contributed by atoms with E-state index in [0.29, 0.717) is 5.69 Å². The average molecular weight is 255 g/mol. The Bertz CT molecular complexity index is 658. The molecule has 0 spiro atoms. The molecular weight excluding hydrogens is 234 g/mol. The number of pyridine rings is 1. The third kappa shape index (κ3) is 2.35. The molecule has 3 heteroatoms. The van der Waals surface area contributed by atoms with Crippen molar-refractivity contribution >= 4 is 16.7 Å². The minimum atomic E-state index is -0.125. The van der Waals surface area contributed by atoms with E-state index in [9.17, 15) is 0 Å². The lowest BCUT2D eigenvalue weighted by molar-refractivity contribution is 0.571. The Labute approximate surface area is 114 Å². The highest BCUT2D eigenvalue weighted by Crippen LogP contribution is 2.36. The maximum absolute atomic E-state index is 7.34. The lowest BCUT2D eigenvalue weighted by Gasteiger charge is -2.21. The third-order valence-electron chi connectivity index (χ3n) is 3.27. The van der Waals surface area contributed by atoms with Crippen molar-refractivity contribution in [3.8, 4) is 0 Å². The van der Waals surface area contributed by atoms with Crippen molar-refractivity contribution in [3.63, 3.8) is 0 Å². The lowest BCUT2D eigenvalue weighted by Crippen LogP contribution is -2.15. The van der Waals surface area contributed by atoms with Crippen LogP contribution < -0.4 is 0 Å². The van der Waals surface area contributed by atoms with E-state index in [1.165, 1.54) is 5.56 Å². The van der Waals surface area contributed by atoms with Crippen LogP contribution in [0.1, 0.15) is 52.8 Å². The molecule has 0 unspecified atom stereocenters. The van der Waals surface area contributed by atoms with E-state index in [4.69, 9.17) is 11.6 Å². The Morgan fingerprint density at radius 2 is 1.74 bits per heavy atom. The predicted molar refractivity (Wildman–Crippen MR) is 79.8 cm³/mol. The summed E-state index contributed by atoms with van der Waals surface area (Å²) in [6.07, 6.45) is 2.01. The topological polar surface area (TPSA) is 33.0 Å². The SMILES string of the molecule is [C-]#[N+]c1cc2[nH]cc(C(C)(C)C)c2nc1C(C)(C)C. The van der Waals surface area contributed by atoms with Gasteiger partial charge in [-0.25, -0.2) is 4.85 Å². The number of aromatic nitrogens is 2. The normalized spacial score (nSPS) is 12.7. The molecule has 0 aromatic carbocycles.